The van der Waals surface area contributed by atoms with Gasteiger partial charge in [0.2, 0.25) is 10.0 Å². The van der Waals surface area contributed by atoms with Crippen LogP contribution in [-0.2, 0) is 20.0 Å². The first-order chi connectivity index (χ1) is 15.2. The van der Waals surface area contributed by atoms with E-state index >= 15 is 0 Å². The molecule has 0 aliphatic heterocycles. The van der Waals surface area contributed by atoms with Crippen LogP contribution in [0.15, 0.2) is 40.1 Å². The van der Waals surface area contributed by atoms with E-state index in [1.165, 1.54) is 28.6 Å². The molecule has 0 aromatic heterocycles. The van der Waals surface area contributed by atoms with Gasteiger partial charge in [-0.05, 0) is 69.2 Å². The molecule has 182 valence electrons. The molecule has 2 N–H and O–H groups in total. The highest BCUT2D eigenvalue weighted by atomic mass is 32.2. The lowest BCUT2D eigenvalue weighted by atomic mass is 10.1. The molecule has 0 spiro atoms. The van der Waals surface area contributed by atoms with Gasteiger partial charge in [-0.3, -0.25) is 4.72 Å². The van der Waals surface area contributed by atoms with Crippen molar-refractivity contribution in [2.24, 2.45) is 0 Å². The minimum atomic E-state index is -4.28. The summed E-state index contributed by atoms with van der Waals surface area (Å²) in [6, 6.07) is 6.45. The van der Waals surface area contributed by atoms with Crippen molar-refractivity contribution in [3.05, 3.63) is 47.0 Å². The van der Waals surface area contributed by atoms with Crippen molar-refractivity contribution >= 4 is 31.7 Å². The summed E-state index contributed by atoms with van der Waals surface area (Å²) < 4.78 is 61.9. The maximum atomic E-state index is 13.3. The molecule has 0 atom stereocenters. The van der Waals surface area contributed by atoms with Crippen LogP contribution < -0.4 is 9.46 Å². The van der Waals surface area contributed by atoms with Crippen molar-refractivity contribution in [1.82, 2.24) is 4.31 Å². The van der Waals surface area contributed by atoms with Crippen LogP contribution >= 0.6 is 0 Å². The van der Waals surface area contributed by atoms with Gasteiger partial charge in [-0.2, -0.15) is 4.31 Å². The van der Waals surface area contributed by atoms with E-state index < -0.39 is 26.0 Å². The zero-order valence-electron chi connectivity index (χ0n) is 19.5. The van der Waals surface area contributed by atoms with Gasteiger partial charge in [0.15, 0.2) is 0 Å². The van der Waals surface area contributed by atoms with Crippen molar-refractivity contribution < 1.29 is 31.5 Å². The van der Waals surface area contributed by atoms with E-state index in [1.807, 2.05) is 0 Å². The van der Waals surface area contributed by atoms with Crippen LogP contribution in [0.25, 0.3) is 0 Å². The summed E-state index contributed by atoms with van der Waals surface area (Å²) in [6.07, 6.45) is -0.308. The molecule has 0 aliphatic rings. The van der Waals surface area contributed by atoms with Crippen molar-refractivity contribution in [2.45, 2.75) is 57.4 Å². The number of aromatic carboxylic acids is 1. The van der Waals surface area contributed by atoms with Crippen LogP contribution in [0.5, 0.6) is 5.75 Å². The number of carbonyl (C=O) groups is 1. The van der Waals surface area contributed by atoms with Gasteiger partial charge in [0.1, 0.15) is 5.75 Å². The minimum absolute atomic E-state index is 0.0605. The van der Waals surface area contributed by atoms with Crippen molar-refractivity contribution in [2.75, 3.05) is 17.8 Å². The summed E-state index contributed by atoms with van der Waals surface area (Å²) >= 11 is 0. The van der Waals surface area contributed by atoms with E-state index in [9.17, 15) is 26.7 Å². The van der Waals surface area contributed by atoms with Gasteiger partial charge in [-0.1, -0.05) is 13.8 Å². The van der Waals surface area contributed by atoms with E-state index in [4.69, 9.17) is 4.74 Å². The molecule has 33 heavy (non-hydrogen) atoms. The Kier molecular flexibility index (Phi) is 8.15. The third-order valence-electron chi connectivity index (χ3n) is 5.06. The van der Waals surface area contributed by atoms with Crippen LogP contribution in [0.3, 0.4) is 0 Å². The number of rotatable bonds is 10. The Bertz CT molecular complexity index is 1250. The van der Waals surface area contributed by atoms with Gasteiger partial charge in [-0.25, -0.2) is 21.6 Å². The molecular weight excluding hydrogens is 468 g/mol. The highest BCUT2D eigenvalue weighted by Crippen LogP contribution is 2.33. The number of hydrogen-bond donors (Lipinski definition) is 2. The van der Waals surface area contributed by atoms with Gasteiger partial charge in [0.25, 0.3) is 10.0 Å². The lowest BCUT2D eigenvalue weighted by molar-refractivity contribution is 0.0696. The first-order valence-corrected chi connectivity index (χ1v) is 13.3. The Balaban J connectivity index is 2.66. The smallest absolute Gasteiger partial charge is 0.335 e. The quantitative estimate of drug-likeness (QED) is 0.512. The molecule has 0 aliphatic carbocycles. The fourth-order valence-electron chi connectivity index (χ4n) is 3.25. The van der Waals surface area contributed by atoms with Crippen molar-refractivity contribution in [3.63, 3.8) is 0 Å². The monoisotopic (exact) mass is 498 g/mol. The second kappa shape index (κ2) is 10.1. The van der Waals surface area contributed by atoms with Crippen molar-refractivity contribution in [1.29, 1.82) is 0 Å². The van der Waals surface area contributed by atoms with Gasteiger partial charge in [0, 0.05) is 13.1 Å². The Hall–Kier alpha value is -2.63. The minimum Gasteiger partial charge on any atom is -0.489 e. The van der Waals surface area contributed by atoms with Crippen LogP contribution in [-0.4, -0.2) is 51.4 Å². The standard InChI is InChI=1S/C22H30N2O7S2/c1-7-24(8-2)33(29,30)18-9-10-20(31-14(3)4)19(13-18)23-32(27,28)21-12-17(22(25)26)11-15(5)16(21)6/h9-14,23H,7-8H2,1-6H3,(H,25,26). The van der Waals surface area contributed by atoms with Crippen molar-refractivity contribution in [3.8, 4) is 5.75 Å². The predicted molar refractivity (Wildman–Crippen MR) is 126 cm³/mol. The largest absolute Gasteiger partial charge is 0.489 e. The number of sulfonamides is 2. The fraction of sp³-hybridized carbons (Fsp3) is 0.409. The number of ether oxygens (including phenoxy) is 1. The summed E-state index contributed by atoms with van der Waals surface area (Å²) in [5.41, 5.74) is 0.641. The summed E-state index contributed by atoms with van der Waals surface area (Å²) in [7, 11) is -8.13. The van der Waals surface area contributed by atoms with Gasteiger partial charge in [-0.15, -0.1) is 0 Å². The topological polar surface area (TPSA) is 130 Å². The summed E-state index contributed by atoms with van der Waals surface area (Å²) in [6.45, 7) is 10.6. The van der Waals surface area contributed by atoms with Gasteiger partial charge < -0.3 is 9.84 Å². The van der Waals surface area contributed by atoms with Crippen LogP contribution in [0.4, 0.5) is 5.69 Å². The van der Waals surface area contributed by atoms with Gasteiger partial charge >= 0.3 is 5.97 Å². The number of nitrogens with one attached hydrogen (secondary N) is 1. The maximum absolute atomic E-state index is 13.3. The van der Waals surface area contributed by atoms with Crippen LogP contribution in [0, 0.1) is 13.8 Å². The number of carboxylic acids is 1. The fourth-order valence-corrected chi connectivity index (χ4v) is 6.14. The second-order valence-electron chi connectivity index (χ2n) is 7.74. The average molecular weight is 499 g/mol. The zero-order chi connectivity index (χ0) is 25.1. The lowest BCUT2D eigenvalue weighted by Gasteiger charge is -2.21. The Morgan fingerprint density at radius 2 is 1.67 bits per heavy atom. The van der Waals surface area contributed by atoms with Crippen LogP contribution in [0.1, 0.15) is 49.2 Å². The van der Waals surface area contributed by atoms with Gasteiger partial charge in [0.05, 0.1) is 27.1 Å². The lowest BCUT2D eigenvalue weighted by Crippen LogP contribution is -2.30. The molecule has 0 radical (unpaired) electrons. The summed E-state index contributed by atoms with van der Waals surface area (Å²) in [5, 5.41) is 9.34. The Labute approximate surface area is 195 Å². The summed E-state index contributed by atoms with van der Waals surface area (Å²) in [5.74, 6) is -1.11. The number of hydrogen-bond acceptors (Lipinski definition) is 6. The average Bonchev–Trinajstić information content (AvgIpc) is 2.70. The number of benzene rings is 2. The second-order valence-corrected chi connectivity index (χ2v) is 11.3. The van der Waals surface area contributed by atoms with E-state index in [1.54, 1.807) is 41.5 Å². The highest BCUT2D eigenvalue weighted by molar-refractivity contribution is 7.92. The third-order valence-corrected chi connectivity index (χ3v) is 8.59. The van der Waals surface area contributed by atoms with E-state index in [2.05, 4.69) is 4.72 Å². The third kappa shape index (κ3) is 5.84. The molecule has 2 rings (SSSR count). The Morgan fingerprint density at radius 1 is 1.06 bits per heavy atom. The number of carboxylic acid groups (broad SMARTS) is 1. The number of nitrogens with zero attached hydrogens (tertiary/aromatic N) is 1. The first kappa shape index (κ1) is 26.6. The maximum Gasteiger partial charge on any atom is 0.335 e. The molecule has 0 unspecified atom stereocenters. The molecule has 11 heteroatoms. The predicted octanol–water partition coefficient (Wildman–Crippen LogP) is 3.62. The summed E-state index contributed by atoms with van der Waals surface area (Å²) in [4.78, 5) is 11.1. The normalized spacial score (nSPS) is 12.2. The number of aryl methyl sites for hydroxylation is 1. The molecule has 0 heterocycles. The first-order valence-electron chi connectivity index (χ1n) is 10.4. The molecule has 2 aromatic carbocycles. The molecule has 0 bridgehead atoms. The molecule has 0 saturated carbocycles. The van der Waals surface area contributed by atoms with Crippen LogP contribution in [0.2, 0.25) is 0 Å². The SMILES string of the molecule is CCN(CC)S(=O)(=O)c1ccc(OC(C)C)c(NS(=O)(=O)c2cc(C(=O)O)cc(C)c2C)c1. The highest BCUT2D eigenvalue weighted by Gasteiger charge is 2.26. The zero-order valence-corrected chi connectivity index (χ0v) is 21.2. The molecule has 0 saturated heterocycles. The Morgan fingerprint density at radius 3 is 2.18 bits per heavy atom. The molecule has 0 amide bonds. The molecule has 2 aromatic rings. The molecule has 9 nitrogen and oxygen atoms in total. The van der Waals surface area contributed by atoms with E-state index in [0.717, 1.165) is 6.07 Å². The number of anilines is 1. The van der Waals surface area contributed by atoms with E-state index in [-0.39, 0.29) is 46.0 Å². The van der Waals surface area contributed by atoms with E-state index in [0.29, 0.717) is 11.1 Å². The molecular formula is C22H30N2O7S2. The molecule has 0 fully saturated rings.